The molecule has 1 saturated heterocycles. The molecule has 0 spiro atoms. The van der Waals surface area contributed by atoms with Crippen LogP contribution >= 0.6 is 22.6 Å². The molecular formula is C15H24IN3O2. The van der Waals surface area contributed by atoms with Crippen LogP contribution < -0.4 is 0 Å². The fraction of sp³-hybridized carbons (Fsp3) is 0.733. The minimum atomic E-state index is -0.462. The molecule has 0 radical (unpaired) electrons. The van der Waals surface area contributed by atoms with Crippen molar-refractivity contribution in [3.63, 3.8) is 0 Å². The number of carbonyl (C=O) groups excluding carboxylic acids is 1. The molecule has 1 atom stereocenters. The molecule has 1 aliphatic heterocycles. The molecule has 21 heavy (non-hydrogen) atoms. The van der Waals surface area contributed by atoms with Crippen molar-refractivity contribution < 1.29 is 9.53 Å². The van der Waals surface area contributed by atoms with Crippen molar-refractivity contribution in [2.45, 2.75) is 58.6 Å². The fourth-order valence-electron chi connectivity index (χ4n) is 2.74. The van der Waals surface area contributed by atoms with E-state index in [-0.39, 0.29) is 12.1 Å². The van der Waals surface area contributed by atoms with E-state index in [0.717, 1.165) is 31.5 Å². The van der Waals surface area contributed by atoms with Crippen LogP contribution in [0.1, 0.15) is 58.0 Å². The molecule has 0 bridgehead atoms. The number of carbonyl (C=O) groups is 1. The van der Waals surface area contributed by atoms with Crippen molar-refractivity contribution in [1.82, 2.24) is 14.7 Å². The van der Waals surface area contributed by atoms with Crippen LogP contribution in [0.5, 0.6) is 0 Å². The van der Waals surface area contributed by atoms with Crippen molar-refractivity contribution in [2.24, 2.45) is 7.05 Å². The highest BCUT2D eigenvalue weighted by molar-refractivity contribution is 14.1. The number of hydrogen-bond donors (Lipinski definition) is 0. The van der Waals surface area contributed by atoms with E-state index in [4.69, 9.17) is 4.74 Å². The summed E-state index contributed by atoms with van der Waals surface area (Å²) in [5.41, 5.74) is 1.77. The van der Waals surface area contributed by atoms with Crippen molar-refractivity contribution in [1.29, 1.82) is 0 Å². The fourth-order valence-corrected chi connectivity index (χ4v) is 3.94. The Kier molecular flexibility index (Phi) is 4.85. The number of amides is 1. The predicted octanol–water partition coefficient (Wildman–Crippen LogP) is 3.66. The molecule has 1 aliphatic rings. The first-order valence-electron chi connectivity index (χ1n) is 7.45. The maximum atomic E-state index is 12.4. The van der Waals surface area contributed by atoms with Crippen LogP contribution in [-0.2, 0) is 18.2 Å². The van der Waals surface area contributed by atoms with Gasteiger partial charge in [-0.1, -0.05) is 6.92 Å². The van der Waals surface area contributed by atoms with E-state index >= 15 is 0 Å². The highest BCUT2D eigenvalue weighted by Gasteiger charge is 2.36. The largest absolute Gasteiger partial charge is 0.444 e. The lowest BCUT2D eigenvalue weighted by atomic mass is 10.1. The minimum Gasteiger partial charge on any atom is -0.444 e. The SMILES string of the molecule is CCc1c(I)c([C@H]2CCCN2C(=O)OC(C)(C)C)nn1C. The second kappa shape index (κ2) is 6.14. The van der Waals surface area contributed by atoms with Crippen LogP contribution in [0, 0.1) is 3.57 Å². The second-order valence-corrected chi connectivity index (χ2v) is 7.53. The number of hydrogen-bond acceptors (Lipinski definition) is 3. The third-order valence-electron chi connectivity index (χ3n) is 3.66. The van der Waals surface area contributed by atoms with Crippen molar-refractivity contribution in [3.05, 3.63) is 15.0 Å². The van der Waals surface area contributed by atoms with Crippen LogP contribution in [0.3, 0.4) is 0 Å². The quantitative estimate of drug-likeness (QED) is 0.706. The van der Waals surface area contributed by atoms with Gasteiger partial charge in [-0.25, -0.2) is 4.79 Å². The molecule has 0 aromatic carbocycles. The second-order valence-electron chi connectivity index (χ2n) is 6.45. The Labute approximate surface area is 140 Å². The van der Waals surface area contributed by atoms with E-state index in [1.807, 2.05) is 37.4 Å². The molecule has 1 amide bonds. The lowest BCUT2D eigenvalue weighted by Crippen LogP contribution is -2.36. The third kappa shape index (κ3) is 3.52. The van der Waals surface area contributed by atoms with E-state index in [0.29, 0.717) is 0 Å². The molecule has 0 N–H and O–H groups in total. The summed E-state index contributed by atoms with van der Waals surface area (Å²) in [6.45, 7) is 8.57. The van der Waals surface area contributed by atoms with Gasteiger partial charge in [0.2, 0.25) is 0 Å². The molecule has 2 rings (SSSR count). The van der Waals surface area contributed by atoms with Gasteiger partial charge in [0.1, 0.15) is 5.60 Å². The zero-order valence-corrected chi connectivity index (χ0v) is 15.6. The molecule has 118 valence electrons. The molecule has 0 aliphatic carbocycles. The number of aromatic nitrogens is 2. The molecule has 1 fully saturated rings. The minimum absolute atomic E-state index is 0.0400. The number of aryl methyl sites for hydroxylation is 1. The van der Waals surface area contributed by atoms with Crippen LogP contribution in [0.2, 0.25) is 0 Å². The van der Waals surface area contributed by atoms with Crippen LogP contribution in [0.25, 0.3) is 0 Å². The van der Waals surface area contributed by atoms with Crippen LogP contribution in [0.15, 0.2) is 0 Å². The molecule has 2 heterocycles. The summed E-state index contributed by atoms with van der Waals surface area (Å²) in [5.74, 6) is 0. The van der Waals surface area contributed by atoms with Gasteiger partial charge >= 0.3 is 6.09 Å². The zero-order chi connectivity index (χ0) is 15.8. The van der Waals surface area contributed by atoms with Crippen LogP contribution in [-0.4, -0.2) is 32.9 Å². The first kappa shape index (κ1) is 16.6. The Morgan fingerprint density at radius 3 is 2.67 bits per heavy atom. The summed E-state index contributed by atoms with van der Waals surface area (Å²) < 4.78 is 8.64. The summed E-state index contributed by atoms with van der Waals surface area (Å²) in [6.07, 6.45) is 2.67. The van der Waals surface area contributed by atoms with Gasteiger partial charge in [-0.15, -0.1) is 0 Å². The Hall–Kier alpha value is -0.790. The Balaban J connectivity index is 2.25. The lowest BCUT2D eigenvalue weighted by molar-refractivity contribution is 0.0220. The lowest BCUT2D eigenvalue weighted by Gasteiger charge is -2.28. The average molecular weight is 405 g/mol. The van der Waals surface area contributed by atoms with Gasteiger partial charge in [0, 0.05) is 13.6 Å². The molecular weight excluding hydrogens is 381 g/mol. The predicted molar refractivity (Wildman–Crippen MR) is 90.2 cm³/mol. The zero-order valence-electron chi connectivity index (χ0n) is 13.4. The van der Waals surface area contributed by atoms with Crippen LogP contribution in [0.4, 0.5) is 4.79 Å². The van der Waals surface area contributed by atoms with E-state index in [9.17, 15) is 4.79 Å². The molecule has 1 aromatic rings. The highest BCUT2D eigenvalue weighted by atomic mass is 127. The Morgan fingerprint density at radius 2 is 2.14 bits per heavy atom. The summed E-state index contributed by atoms with van der Waals surface area (Å²) in [7, 11) is 1.97. The summed E-state index contributed by atoms with van der Waals surface area (Å²) >= 11 is 2.35. The van der Waals surface area contributed by atoms with Gasteiger partial charge in [0.15, 0.2) is 0 Å². The van der Waals surface area contributed by atoms with Gasteiger partial charge in [0.05, 0.1) is 21.0 Å². The van der Waals surface area contributed by atoms with Gasteiger partial charge in [-0.2, -0.15) is 5.10 Å². The maximum Gasteiger partial charge on any atom is 0.410 e. The first-order chi connectivity index (χ1) is 9.74. The van der Waals surface area contributed by atoms with E-state index in [1.165, 1.54) is 9.26 Å². The smallest absolute Gasteiger partial charge is 0.410 e. The standard InChI is InChI=1S/C15H24IN3O2/c1-6-10-12(16)13(17-18(10)5)11-8-7-9-19(11)14(20)21-15(2,3)4/h11H,6-9H2,1-5H3/t11-/m1/s1. The number of halogens is 1. The summed E-state index contributed by atoms with van der Waals surface area (Å²) in [5, 5.41) is 4.65. The van der Waals surface area contributed by atoms with Crippen molar-refractivity contribution >= 4 is 28.7 Å². The van der Waals surface area contributed by atoms with E-state index < -0.39 is 5.60 Å². The number of likely N-dealkylation sites (tertiary alicyclic amines) is 1. The number of rotatable bonds is 2. The van der Waals surface area contributed by atoms with Gasteiger partial charge in [-0.3, -0.25) is 9.58 Å². The first-order valence-corrected chi connectivity index (χ1v) is 8.53. The Morgan fingerprint density at radius 1 is 1.48 bits per heavy atom. The van der Waals surface area contributed by atoms with Crippen molar-refractivity contribution in [3.8, 4) is 0 Å². The Bertz CT molecular complexity index is 534. The monoisotopic (exact) mass is 405 g/mol. The van der Waals surface area contributed by atoms with Gasteiger partial charge in [-0.05, 0) is 62.6 Å². The van der Waals surface area contributed by atoms with E-state index in [1.54, 1.807) is 0 Å². The molecule has 0 unspecified atom stereocenters. The normalized spacial score (nSPS) is 19.1. The summed E-state index contributed by atoms with van der Waals surface area (Å²) in [4.78, 5) is 14.2. The highest BCUT2D eigenvalue weighted by Crippen LogP contribution is 2.35. The molecule has 0 saturated carbocycles. The number of nitrogens with zero attached hydrogens (tertiary/aromatic N) is 3. The maximum absolute atomic E-state index is 12.4. The molecule has 5 nitrogen and oxygen atoms in total. The third-order valence-corrected chi connectivity index (χ3v) is 4.83. The van der Waals surface area contributed by atoms with E-state index in [2.05, 4.69) is 34.6 Å². The molecule has 1 aromatic heterocycles. The number of ether oxygens (including phenoxy) is 1. The topological polar surface area (TPSA) is 47.4 Å². The average Bonchev–Trinajstić information content (AvgIpc) is 2.92. The molecule has 6 heteroatoms. The van der Waals surface area contributed by atoms with Gasteiger partial charge in [0.25, 0.3) is 0 Å². The van der Waals surface area contributed by atoms with Crippen molar-refractivity contribution in [2.75, 3.05) is 6.54 Å². The summed E-state index contributed by atoms with van der Waals surface area (Å²) in [6, 6.07) is 0.0400. The van der Waals surface area contributed by atoms with Gasteiger partial charge < -0.3 is 4.74 Å².